The van der Waals surface area contributed by atoms with Crippen LogP contribution >= 0.6 is 0 Å². The smallest absolute Gasteiger partial charge is 0.244 e. The lowest BCUT2D eigenvalue weighted by Crippen LogP contribution is -2.47. The second-order valence-electron chi connectivity index (χ2n) is 5.73. The lowest BCUT2D eigenvalue weighted by molar-refractivity contribution is -0.115. The first-order chi connectivity index (χ1) is 9.48. The average molecular weight is 277 g/mol. The number of carbonyl (C=O) groups excluding carboxylic acids is 1. The highest BCUT2D eigenvalue weighted by atomic mass is 16.3. The van der Waals surface area contributed by atoms with Crippen LogP contribution in [0.15, 0.2) is 6.33 Å². The van der Waals surface area contributed by atoms with Crippen molar-refractivity contribution in [3.63, 3.8) is 0 Å². The molecule has 108 valence electrons. The first-order valence-corrected chi connectivity index (χ1v) is 6.78. The minimum atomic E-state index is -0.628. The molecule has 1 aromatic rings. The van der Waals surface area contributed by atoms with Crippen LogP contribution in [-0.2, 0) is 4.79 Å². The van der Waals surface area contributed by atoms with Gasteiger partial charge in [0.15, 0.2) is 11.6 Å². The Kier molecular flexibility index (Phi) is 3.01. The number of anilines is 3. The summed E-state index contributed by atoms with van der Waals surface area (Å²) in [7, 11) is 3.70. The second kappa shape index (κ2) is 4.59. The first-order valence-electron chi connectivity index (χ1n) is 6.78. The van der Waals surface area contributed by atoms with Gasteiger partial charge in [-0.25, -0.2) is 9.97 Å². The van der Waals surface area contributed by atoms with Gasteiger partial charge in [0, 0.05) is 20.6 Å². The summed E-state index contributed by atoms with van der Waals surface area (Å²) in [5.41, 5.74) is -0.00590. The Labute approximate surface area is 117 Å². The molecule has 1 aliphatic heterocycles. The third-order valence-electron chi connectivity index (χ3n) is 3.99. The SMILES string of the molecule is CN1CC(=O)Nc2c1ncnc2N(C)CC1(O)CCC1. The number of nitrogens with zero attached hydrogens (tertiary/aromatic N) is 4. The molecule has 2 heterocycles. The molecule has 20 heavy (non-hydrogen) atoms. The number of aromatic nitrogens is 2. The maximum atomic E-state index is 11.7. The minimum Gasteiger partial charge on any atom is -0.388 e. The van der Waals surface area contributed by atoms with Crippen LogP contribution in [0.2, 0.25) is 0 Å². The summed E-state index contributed by atoms with van der Waals surface area (Å²) in [6, 6.07) is 0. The van der Waals surface area contributed by atoms with E-state index in [1.54, 1.807) is 4.90 Å². The molecule has 1 aromatic heterocycles. The largest absolute Gasteiger partial charge is 0.388 e. The molecule has 1 aliphatic carbocycles. The number of hydrogen-bond acceptors (Lipinski definition) is 6. The lowest BCUT2D eigenvalue weighted by Gasteiger charge is -2.40. The highest BCUT2D eigenvalue weighted by Crippen LogP contribution is 2.37. The van der Waals surface area contributed by atoms with E-state index in [2.05, 4.69) is 15.3 Å². The summed E-state index contributed by atoms with van der Waals surface area (Å²) in [5, 5.41) is 13.1. The number of rotatable bonds is 3. The second-order valence-corrected chi connectivity index (χ2v) is 5.73. The molecule has 0 atom stereocenters. The van der Waals surface area contributed by atoms with Gasteiger partial charge in [0.05, 0.1) is 12.1 Å². The Balaban J connectivity index is 1.90. The van der Waals surface area contributed by atoms with Gasteiger partial charge in [0.2, 0.25) is 5.91 Å². The Hall–Kier alpha value is -1.89. The van der Waals surface area contributed by atoms with Crippen LogP contribution in [0.3, 0.4) is 0 Å². The first kappa shape index (κ1) is 13.1. The summed E-state index contributed by atoms with van der Waals surface area (Å²) in [5.74, 6) is 1.28. The minimum absolute atomic E-state index is 0.0770. The van der Waals surface area contributed by atoms with Gasteiger partial charge < -0.3 is 20.2 Å². The van der Waals surface area contributed by atoms with Gasteiger partial charge in [-0.2, -0.15) is 0 Å². The van der Waals surface area contributed by atoms with Crippen LogP contribution in [0, 0.1) is 0 Å². The molecule has 7 nitrogen and oxygen atoms in total. The van der Waals surface area contributed by atoms with E-state index in [-0.39, 0.29) is 12.5 Å². The van der Waals surface area contributed by atoms with Crippen LogP contribution in [-0.4, -0.2) is 53.8 Å². The summed E-state index contributed by atoms with van der Waals surface area (Å²) in [6.45, 7) is 0.799. The zero-order valence-corrected chi connectivity index (χ0v) is 11.8. The van der Waals surface area contributed by atoms with E-state index in [0.717, 1.165) is 19.3 Å². The van der Waals surface area contributed by atoms with Crippen molar-refractivity contribution in [2.45, 2.75) is 24.9 Å². The fourth-order valence-corrected chi connectivity index (χ4v) is 2.79. The topological polar surface area (TPSA) is 81.6 Å². The quantitative estimate of drug-likeness (QED) is 0.822. The molecule has 7 heteroatoms. The van der Waals surface area contributed by atoms with Crippen molar-refractivity contribution >= 4 is 23.2 Å². The van der Waals surface area contributed by atoms with Gasteiger partial charge in [0.25, 0.3) is 0 Å². The number of aliphatic hydroxyl groups is 1. The summed E-state index contributed by atoms with van der Waals surface area (Å²) in [6.07, 6.45) is 4.18. The van der Waals surface area contributed by atoms with Gasteiger partial charge in [-0.1, -0.05) is 0 Å². The predicted octanol–water partition coefficient (Wildman–Crippen LogP) is 0.216. The van der Waals surface area contributed by atoms with Crippen LogP contribution < -0.4 is 15.1 Å². The normalized spacial score (nSPS) is 19.9. The van der Waals surface area contributed by atoms with Crippen LogP contribution in [0.5, 0.6) is 0 Å². The van der Waals surface area contributed by atoms with Crippen LogP contribution in [0.1, 0.15) is 19.3 Å². The molecule has 1 fully saturated rings. The van der Waals surface area contributed by atoms with Gasteiger partial charge in [0.1, 0.15) is 12.0 Å². The van der Waals surface area contributed by atoms with E-state index >= 15 is 0 Å². The van der Waals surface area contributed by atoms with E-state index in [0.29, 0.717) is 23.9 Å². The third kappa shape index (κ3) is 2.18. The maximum absolute atomic E-state index is 11.7. The molecule has 1 amide bonds. The average Bonchev–Trinajstić information content (AvgIpc) is 2.36. The number of hydrogen-bond donors (Lipinski definition) is 2. The van der Waals surface area contributed by atoms with Crippen molar-refractivity contribution in [3.05, 3.63) is 6.33 Å². The monoisotopic (exact) mass is 277 g/mol. The van der Waals surface area contributed by atoms with Crippen LogP contribution in [0.4, 0.5) is 17.3 Å². The van der Waals surface area contributed by atoms with E-state index in [4.69, 9.17) is 0 Å². The standard InChI is InChI=1S/C13H19N5O2/c1-17-6-9(19)16-10-11(17)14-8-15-12(10)18(2)7-13(20)4-3-5-13/h8,20H,3-7H2,1-2H3,(H,16,19). The summed E-state index contributed by atoms with van der Waals surface area (Å²) >= 11 is 0. The van der Waals surface area contributed by atoms with Gasteiger partial charge in [-0.05, 0) is 19.3 Å². The molecule has 0 spiro atoms. The molecule has 2 N–H and O–H groups in total. The van der Waals surface area contributed by atoms with E-state index in [1.807, 2.05) is 19.0 Å². The fourth-order valence-electron chi connectivity index (χ4n) is 2.79. The Morgan fingerprint density at radius 2 is 2.25 bits per heavy atom. The van der Waals surface area contributed by atoms with Crippen molar-refractivity contribution in [2.75, 3.05) is 42.3 Å². The lowest BCUT2D eigenvalue weighted by atomic mass is 9.80. The van der Waals surface area contributed by atoms with E-state index in [1.165, 1.54) is 6.33 Å². The number of carbonyl (C=O) groups is 1. The van der Waals surface area contributed by atoms with Crippen molar-refractivity contribution in [1.29, 1.82) is 0 Å². The number of nitrogens with one attached hydrogen (secondary N) is 1. The van der Waals surface area contributed by atoms with Crippen LogP contribution in [0.25, 0.3) is 0 Å². The van der Waals surface area contributed by atoms with E-state index < -0.39 is 5.60 Å². The molecular weight excluding hydrogens is 258 g/mol. The Bertz CT molecular complexity index is 544. The zero-order valence-electron chi connectivity index (χ0n) is 11.8. The fraction of sp³-hybridized carbons (Fsp3) is 0.615. The number of fused-ring (bicyclic) bond motifs is 1. The number of likely N-dealkylation sites (N-methyl/N-ethyl adjacent to an activating group) is 2. The zero-order chi connectivity index (χ0) is 14.3. The molecule has 0 aromatic carbocycles. The molecule has 0 bridgehead atoms. The summed E-state index contributed by atoms with van der Waals surface area (Å²) in [4.78, 5) is 23.9. The maximum Gasteiger partial charge on any atom is 0.244 e. The molecule has 1 saturated carbocycles. The predicted molar refractivity (Wildman–Crippen MR) is 76.0 cm³/mol. The molecule has 0 saturated heterocycles. The molecule has 3 rings (SSSR count). The van der Waals surface area contributed by atoms with Crippen molar-refractivity contribution in [3.8, 4) is 0 Å². The summed E-state index contributed by atoms with van der Waals surface area (Å²) < 4.78 is 0. The van der Waals surface area contributed by atoms with Gasteiger partial charge >= 0.3 is 0 Å². The Morgan fingerprint density at radius 1 is 1.50 bits per heavy atom. The van der Waals surface area contributed by atoms with Crippen molar-refractivity contribution in [2.24, 2.45) is 0 Å². The van der Waals surface area contributed by atoms with Crippen molar-refractivity contribution < 1.29 is 9.90 Å². The molecule has 2 aliphatic rings. The van der Waals surface area contributed by atoms with Gasteiger partial charge in [-0.3, -0.25) is 4.79 Å². The number of amides is 1. The third-order valence-corrected chi connectivity index (χ3v) is 3.99. The highest BCUT2D eigenvalue weighted by Gasteiger charge is 2.36. The van der Waals surface area contributed by atoms with Crippen molar-refractivity contribution in [1.82, 2.24) is 9.97 Å². The van der Waals surface area contributed by atoms with E-state index in [9.17, 15) is 9.90 Å². The van der Waals surface area contributed by atoms with Gasteiger partial charge in [-0.15, -0.1) is 0 Å². The highest BCUT2D eigenvalue weighted by molar-refractivity contribution is 6.03. The molecule has 0 unspecified atom stereocenters. The molecular formula is C13H19N5O2. The Morgan fingerprint density at radius 3 is 2.90 bits per heavy atom. The molecule has 0 radical (unpaired) electrons.